The second-order valence-corrected chi connectivity index (χ2v) is 7.54. The van der Waals surface area contributed by atoms with Gasteiger partial charge in [0.2, 0.25) is 0 Å². The van der Waals surface area contributed by atoms with Crippen LogP contribution in [0.15, 0.2) is 72.9 Å². The fraction of sp³-hybridized carbons (Fsp3) is 0.240. The van der Waals surface area contributed by atoms with Gasteiger partial charge in [-0.25, -0.2) is 4.98 Å². The van der Waals surface area contributed by atoms with Gasteiger partial charge in [-0.2, -0.15) is 0 Å². The van der Waals surface area contributed by atoms with E-state index in [0.717, 1.165) is 55.5 Å². The van der Waals surface area contributed by atoms with E-state index in [1.165, 1.54) is 16.8 Å². The smallest absolute Gasteiger partial charge is 0.137 e. The van der Waals surface area contributed by atoms with Crippen molar-refractivity contribution in [2.45, 2.75) is 6.54 Å². The molecule has 5 nitrogen and oxygen atoms in total. The molecule has 0 spiro atoms. The molecule has 0 N–H and O–H groups in total. The average Bonchev–Trinajstić information content (AvgIpc) is 3.18. The minimum Gasteiger partial charge on any atom is -0.497 e. The fourth-order valence-electron chi connectivity index (χ4n) is 4.00. The summed E-state index contributed by atoms with van der Waals surface area (Å²) in [5.41, 5.74) is 6.68. The van der Waals surface area contributed by atoms with Crippen LogP contribution in [0, 0.1) is 0 Å². The standard InChI is InChI=1S/C25H25N3O2/c1-29-22-10-7-20(8-11-22)25-23(18-27-13-15-30-16-14-27)28-17-21(9-12-24(28)26-25)19-5-3-2-4-6-19/h2-12,17H,13-16,18H2,1H3. The van der Waals surface area contributed by atoms with E-state index in [2.05, 4.69) is 64.0 Å². The van der Waals surface area contributed by atoms with Crippen molar-refractivity contribution in [3.8, 4) is 28.1 Å². The first kappa shape index (κ1) is 18.9. The van der Waals surface area contributed by atoms with Crippen LogP contribution in [-0.2, 0) is 11.3 Å². The maximum Gasteiger partial charge on any atom is 0.137 e. The molecule has 1 aliphatic heterocycles. The van der Waals surface area contributed by atoms with Crippen LogP contribution in [-0.4, -0.2) is 47.7 Å². The molecule has 1 aliphatic rings. The summed E-state index contributed by atoms with van der Waals surface area (Å²) in [4.78, 5) is 7.44. The second kappa shape index (κ2) is 8.30. The topological polar surface area (TPSA) is 39.0 Å². The highest BCUT2D eigenvalue weighted by Crippen LogP contribution is 2.29. The summed E-state index contributed by atoms with van der Waals surface area (Å²) in [7, 11) is 1.69. The summed E-state index contributed by atoms with van der Waals surface area (Å²) in [6.45, 7) is 4.28. The average molecular weight is 399 g/mol. The lowest BCUT2D eigenvalue weighted by Gasteiger charge is -2.26. The Bertz CT molecular complexity index is 1130. The maximum atomic E-state index is 5.55. The Balaban J connectivity index is 1.62. The van der Waals surface area contributed by atoms with Crippen molar-refractivity contribution < 1.29 is 9.47 Å². The molecule has 0 radical (unpaired) electrons. The van der Waals surface area contributed by atoms with E-state index in [0.29, 0.717) is 0 Å². The van der Waals surface area contributed by atoms with Crippen molar-refractivity contribution in [3.63, 3.8) is 0 Å². The van der Waals surface area contributed by atoms with E-state index in [-0.39, 0.29) is 0 Å². The van der Waals surface area contributed by atoms with Gasteiger partial charge in [-0.1, -0.05) is 30.3 Å². The van der Waals surface area contributed by atoms with Gasteiger partial charge in [-0.15, -0.1) is 0 Å². The van der Waals surface area contributed by atoms with Crippen LogP contribution in [0.1, 0.15) is 5.69 Å². The lowest BCUT2D eigenvalue weighted by molar-refractivity contribution is 0.0336. The van der Waals surface area contributed by atoms with Gasteiger partial charge in [-0.3, -0.25) is 4.90 Å². The maximum absolute atomic E-state index is 5.55. The minimum absolute atomic E-state index is 0.782. The Hall–Kier alpha value is -3.15. The van der Waals surface area contributed by atoms with Crippen LogP contribution < -0.4 is 4.74 Å². The number of aromatic nitrogens is 2. The van der Waals surface area contributed by atoms with E-state index in [1.807, 2.05) is 18.2 Å². The zero-order valence-electron chi connectivity index (χ0n) is 17.1. The molecular weight excluding hydrogens is 374 g/mol. The summed E-state index contributed by atoms with van der Waals surface area (Å²) in [5, 5.41) is 0. The van der Waals surface area contributed by atoms with Gasteiger partial charge < -0.3 is 13.9 Å². The van der Waals surface area contributed by atoms with Crippen molar-refractivity contribution in [1.82, 2.24) is 14.3 Å². The zero-order chi connectivity index (χ0) is 20.3. The molecule has 2 aromatic carbocycles. The normalized spacial score (nSPS) is 14.8. The largest absolute Gasteiger partial charge is 0.497 e. The van der Waals surface area contributed by atoms with Crippen molar-refractivity contribution in [3.05, 3.63) is 78.6 Å². The molecule has 4 aromatic rings. The molecule has 0 saturated carbocycles. The van der Waals surface area contributed by atoms with Gasteiger partial charge in [-0.05, 0) is 47.5 Å². The monoisotopic (exact) mass is 399 g/mol. The molecule has 30 heavy (non-hydrogen) atoms. The number of hydrogen-bond donors (Lipinski definition) is 0. The summed E-state index contributed by atoms with van der Waals surface area (Å²) in [5.74, 6) is 0.851. The molecular formula is C25H25N3O2. The van der Waals surface area contributed by atoms with E-state index in [4.69, 9.17) is 14.5 Å². The molecule has 0 bridgehead atoms. The molecule has 0 aliphatic carbocycles. The molecule has 5 rings (SSSR count). The molecule has 0 atom stereocenters. The van der Waals surface area contributed by atoms with Crippen LogP contribution >= 0.6 is 0 Å². The number of benzene rings is 2. The van der Waals surface area contributed by atoms with Gasteiger partial charge in [0.05, 0.1) is 31.7 Å². The van der Waals surface area contributed by atoms with Crippen molar-refractivity contribution in [1.29, 1.82) is 0 Å². The van der Waals surface area contributed by atoms with Crippen molar-refractivity contribution in [2.24, 2.45) is 0 Å². The molecule has 5 heteroatoms. The van der Waals surface area contributed by atoms with E-state index in [1.54, 1.807) is 7.11 Å². The number of rotatable bonds is 5. The molecule has 1 fully saturated rings. The number of imidazole rings is 1. The Labute approximate surface area is 176 Å². The third kappa shape index (κ3) is 3.70. The summed E-state index contributed by atoms with van der Waals surface area (Å²) < 4.78 is 13.1. The first-order valence-electron chi connectivity index (χ1n) is 10.3. The number of nitrogens with zero attached hydrogens (tertiary/aromatic N) is 3. The Kier molecular flexibility index (Phi) is 5.22. The van der Waals surface area contributed by atoms with Crippen LogP contribution in [0.2, 0.25) is 0 Å². The van der Waals surface area contributed by atoms with Crippen molar-refractivity contribution in [2.75, 3.05) is 33.4 Å². The van der Waals surface area contributed by atoms with Gasteiger partial charge in [0.15, 0.2) is 0 Å². The number of ether oxygens (including phenoxy) is 2. The highest BCUT2D eigenvalue weighted by molar-refractivity contribution is 5.70. The van der Waals surface area contributed by atoms with Crippen molar-refractivity contribution >= 4 is 5.65 Å². The van der Waals surface area contributed by atoms with E-state index >= 15 is 0 Å². The lowest BCUT2D eigenvalue weighted by atomic mass is 10.1. The number of methoxy groups -OCH3 is 1. The first-order valence-corrected chi connectivity index (χ1v) is 10.3. The third-order valence-electron chi connectivity index (χ3n) is 5.67. The van der Waals surface area contributed by atoms with Crippen LogP contribution in [0.3, 0.4) is 0 Å². The van der Waals surface area contributed by atoms with Gasteiger partial charge in [0.25, 0.3) is 0 Å². The zero-order valence-corrected chi connectivity index (χ0v) is 17.1. The van der Waals surface area contributed by atoms with Gasteiger partial charge in [0.1, 0.15) is 11.4 Å². The Morgan fingerprint density at radius 1 is 0.867 bits per heavy atom. The third-order valence-corrected chi connectivity index (χ3v) is 5.67. The molecule has 152 valence electrons. The molecule has 0 unspecified atom stereocenters. The lowest BCUT2D eigenvalue weighted by Crippen LogP contribution is -2.36. The Morgan fingerprint density at radius 3 is 2.33 bits per heavy atom. The highest BCUT2D eigenvalue weighted by atomic mass is 16.5. The number of pyridine rings is 1. The number of fused-ring (bicyclic) bond motifs is 1. The predicted molar refractivity (Wildman–Crippen MR) is 119 cm³/mol. The second-order valence-electron chi connectivity index (χ2n) is 7.54. The molecule has 3 heterocycles. The molecule has 0 amide bonds. The van der Waals surface area contributed by atoms with Gasteiger partial charge in [0, 0.05) is 31.4 Å². The quantitative estimate of drug-likeness (QED) is 0.495. The summed E-state index contributed by atoms with van der Waals surface area (Å²) >= 11 is 0. The van der Waals surface area contributed by atoms with Crippen LogP contribution in [0.4, 0.5) is 0 Å². The fourth-order valence-corrected chi connectivity index (χ4v) is 4.00. The predicted octanol–water partition coefficient (Wildman–Crippen LogP) is 4.51. The Morgan fingerprint density at radius 2 is 1.60 bits per heavy atom. The van der Waals surface area contributed by atoms with Gasteiger partial charge >= 0.3 is 0 Å². The highest BCUT2D eigenvalue weighted by Gasteiger charge is 2.19. The summed E-state index contributed by atoms with van der Waals surface area (Å²) in [6, 6.07) is 22.9. The number of morpholine rings is 1. The van der Waals surface area contributed by atoms with E-state index < -0.39 is 0 Å². The molecule has 1 saturated heterocycles. The summed E-state index contributed by atoms with van der Waals surface area (Å²) in [6.07, 6.45) is 2.21. The SMILES string of the molecule is COc1ccc(-c2nc3ccc(-c4ccccc4)cn3c2CN2CCOCC2)cc1. The minimum atomic E-state index is 0.782. The van der Waals surface area contributed by atoms with Crippen LogP contribution in [0.25, 0.3) is 28.0 Å². The molecule has 2 aromatic heterocycles. The van der Waals surface area contributed by atoms with Crippen LogP contribution in [0.5, 0.6) is 5.75 Å². The van der Waals surface area contributed by atoms with E-state index in [9.17, 15) is 0 Å². The number of hydrogen-bond acceptors (Lipinski definition) is 4. The first-order chi connectivity index (χ1) is 14.8.